The van der Waals surface area contributed by atoms with Crippen molar-refractivity contribution in [2.75, 3.05) is 5.32 Å². The summed E-state index contributed by atoms with van der Waals surface area (Å²) in [6.45, 7) is 0. The van der Waals surface area contributed by atoms with Crippen LogP contribution in [0.25, 0.3) is 10.8 Å². The first-order valence-electron chi connectivity index (χ1n) is 8.98. The van der Waals surface area contributed by atoms with Crippen molar-refractivity contribution in [1.82, 2.24) is 0 Å². The molecule has 0 amide bonds. The molecule has 28 heavy (non-hydrogen) atoms. The normalized spacial score (nSPS) is 11.1. The Bertz CT molecular complexity index is 1050. The molecule has 140 valence electrons. The molecule has 4 aromatic carbocycles. The third-order valence-electron chi connectivity index (χ3n) is 4.26. The first-order chi connectivity index (χ1) is 13.4. The number of thioether (sulfide) groups is 1. The summed E-state index contributed by atoms with van der Waals surface area (Å²) < 4.78 is 0. The number of amidine groups is 1. The molecule has 0 heterocycles. The molecule has 0 saturated carbocycles. The third kappa shape index (κ3) is 5.47. The Balaban J connectivity index is 0.00000225. The molecule has 0 fully saturated rings. The van der Waals surface area contributed by atoms with Crippen LogP contribution in [0.1, 0.15) is 5.56 Å². The van der Waals surface area contributed by atoms with Crippen LogP contribution in [0.15, 0.2) is 103 Å². The number of halogens is 1. The topological polar surface area (TPSA) is 26.0 Å². The van der Waals surface area contributed by atoms with Crippen LogP contribution in [-0.2, 0) is 5.75 Å². The minimum Gasteiger partial charge on any atom is -1.00 e. The Hall–Kier alpha value is -2.56. The van der Waals surface area contributed by atoms with Gasteiger partial charge in [-0.2, -0.15) is 0 Å². The summed E-state index contributed by atoms with van der Waals surface area (Å²) in [4.78, 5) is 3.50. The van der Waals surface area contributed by atoms with Crippen molar-refractivity contribution in [2.24, 2.45) is 0 Å². The summed E-state index contributed by atoms with van der Waals surface area (Å²) in [6.07, 6.45) is 0. The molecule has 2 N–H and O–H groups in total. The highest BCUT2D eigenvalue weighted by Crippen LogP contribution is 2.20. The molecule has 0 unspecified atom stereocenters. The summed E-state index contributed by atoms with van der Waals surface area (Å²) in [6, 6.07) is 35.6. The number of fused-ring (bicyclic) bond motifs is 1. The van der Waals surface area contributed by atoms with Crippen LogP contribution in [0.5, 0.6) is 0 Å². The van der Waals surface area contributed by atoms with Gasteiger partial charge in [0.1, 0.15) is 11.4 Å². The highest BCUT2D eigenvalue weighted by Gasteiger charge is 2.10. The smallest absolute Gasteiger partial charge is 0.314 e. The minimum absolute atomic E-state index is 0. The Morgan fingerprint density at radius 3 is 2.11 bits per heavy atom. The molecule has 0 aliphatic carbocycles. The van der Waals surface area contributed by atoms with Gasteiger partial charge >= 0.3 is 5.17 Å². The molecule has 0 saturated heterocycles. The highest BCUT2D eigenvalue weighted by atomic mass is 79.9. The van der Waals surface area contributed by atoms with E-state index in [1.165, 1.54) is 16.3 Å². The van der Waals surface area contributed by atoms with Crippen LogP contribution in [0.4, 0.5) is 11.4 Å². The van der Waals surface area contributed by atoms with E-state index >= 15 is 0 Å². The summed E-state index contributed by atoms with van der Waals surface area (Å²) in [5.41, 5.74) is 3.45. The van der Waals surface area contributed by atoms with Gasteiger partial charge in [-0.15, -0.1) is 0 Å². The zero-order chi connectivity index (χ0) is 18.3. The van der Waals surface area contributed by atoms with E-state index in [0.29, 0.717) is 0 Å². The van der Waals surface area contributed by atoms with Gasteiger partial charge in [0.25, 0.3) is 0 Å². The molecular weight excluding hydrogens is 428 g/mol. The Morgan fingerprint density at radius 2 is 1.36 bits per heavy atom. The van der Waals surface area contributed by atoms with Crippen molar-refractivity contribution in [2.45, 2.75) is 5.75 Å². The quantitative estimate of drug-likeness (QED) is 0.368. The standard InChI is InChI=1S/C24H20N2S.BrH/c1-3-11-22(12-4-1)25-24(26-23-13-5-2-6-14-23)27-18-19-15-16-20-9-7-8-10-21(20)17-19;/h1-17H,18H2,(H,25,26);1H. The second-order valence-electron chi connectivity index (χ2n) is 6.28. The van der Waals surface area contributed by atoms with Gasteiger partial charge < -0.3 is 17.0 Å². The molecule has 0 radical (unpaired) electrons. The summed E-state index contributed by atoms with van der Waals surface area (Å²) in [5, 5.41) is 7.08. The number of hydrogen-bond acceptors (Lipinski definition) is 1. The number of hydrogen-bond donors (Lipinski definition) is 2. The van der Waals surface area contributed by atoms with Gasteiger partial charge in [0, 0.05) is 5.75 Å². The molecule has 0 spiro atoms. The lowest BCUT2D eigenvalue weighted by atomic mass is 10.1. The van der Waals surface area contributed by atoms with Gasteiger partial charge in [0.2, 0.25) is 0 Å². The largest absolute Gasteiger partial charge is 1.00 e. The number of para-hydroxylation sites is 2. The molecular formula is C24H21BrN2S. The highest BCUT2D eigenvalue weighted by molar-refractivity contribution is 8.13. The summed E-state index contributed by atoms with van der Waals surface area (Å²) in [7, 11) is 0. The Kier molecular flexibility index (Phi) is 7.29. The Labute approximate surface area is 180 Å². The van der Waals surface area contributed by atoms with E-state index in [0.717, 1.165) is 22.3 Å². The van der Waals surface area contributed by atoms with E-state index < -0.39 is 0 Å². The summed E-state index contributed by atoms with van der Waals surface area (Å²) in [5.74, 6) is 0.889. The fourth-order valence-corrected chi connectivity index (χ4v) is 3.76. The van der Waals surface area contributed by atoms with E-state index in [4.69, 9.17) is 0 Å². The maximum Gasteiger partial charge on any atom is 0.314 e. The van der Waals surface area contributed by atoms with Gasteiger partial charge in [-0.1, -0.05) is 78.9 Å². The van der Waals surface area contributed by atoms with Crippen LogP contribution in [-0.4, -0.2) is 5.17 Å². The van der Waals surface area contributed by atoms with E-state index in [1.807, 2.05) is 36.4 Å². The van der Waals surface area contributed by atoms with Crippen molar-refractivity contribution in [3.05, 3.63) is 109 Å². The zero-order valence-corrected chi connectivity index (χ0v) is 17.7. The van der Waals surface area contributed by atoms with Crippen molar-refractivity contribution < 1.29 is 22.0 Å². The van der Waals surface area contributed by atoms with Crippen molar-refractivity contribution >= 4 is 39.1 Å². The molecule has 4 aromatic rings. The van der Waals surface area contributed by atoms with Crippen LogP contribution in [0.3, 0.4) is 0 Å². The molecule has 0 aliphatic rings. The fourth-order valence-electron chi connectivity index (χ4n) is 2.89. The molecule has 4 heteroatoms. The zero-order valence-electron chi connectivity index (χ0n) is 15.3. The van der Waals surface area contributed by atoms with E-state index in [9.17, 15) is 0 Å². The van der Waals surface area contributed by atoms with Crippen molar-refractivity contribution in [3.8, 4) is 0 Å². The number of nitrogens with one attached hydrogen (secondary N) is 2. The van der Waals surface area contributed by atoms with Crippen molar-refractivity contribution in [1.29, 1.82) is 0 Å². The minimum atomic E-state index is 0. The number of rotatable bonds is 4. The predicted octanol–water partition coefficient (Wildman–Crippen LogP) is 1.96. The van der Waals surface area contributed by atoms with Crippen LogP contribution in [0, 0.1) is 0 Å². The SMILES string of the molecule is [Br-].c1ccc(NC(=[NH+]c2ccccc2)SCc2ccc3ccccc3c2)cc1. The van der Waals surface area contributed by atoms with Crippen LogP contribution < -0.4 is 27.3 Å². The molecule has 0 aliphatic heterocycles. The first-order valence-corrected chi connectivity index (χ1v) is 9.97. The van der Waals surface area contributed by atoms with E-state index in [1.54, 1.807) is 11.8 Å². The maximum absolute atomic E-state index is 3.50. The van der Waals surface area contributed by atoms with Gasteiger partial charge in [-0.05, 0) is 52.4 Å². The van der Waals surface area contributed by atoms with Crippen molar-refractivity contribution in [3.63, 3.8) is 0 Å². The molecule has 0 bridgehead atoms. The van der Waals surface area contributed by atoms with Gasteiger partial charge in [-0.3, -0.25) is 0 Å². The van der Waals surface area contributed by atoms with Gasteiger partial charge in [0.05, 0.1) is 0 Å². The maximum atomic E-state index is 3.50. The monoisotopic (exact) mass is 448 g/mol. The first kappa shape index (κ1) is 20.2. The lowest BCUT2D eigenvalue weighted by molar-refractivity contribution is -0.349. The van der Waals surface area contributed by atoms with E-state index in [-0.39, 0.29) is 17.0 Å². The molecule has 0 aromatic heterocycles. The molecule has 4 rings (SSSR count). The molecule has 2 nitrogen and oxygen atoms in total. The van der Waals surface area contributed by atoms with Crippen LogP contribution in [0.2, 0.25) is 0 Å². The van der Waals surface area contributed by atoms with Gasteiger partial charge in [-0.25, -0.2) is 10.3 Å². The Morgan fingerprint density at radius 1 is 0.714 bits per heavy atom. The predicted molar refractivity (Wildman–Crippen MR) is 117 cm³/mol. The fraction of sp³-hybridized carbons (Fsp3) is 0.0417. The number of benzene rings is 4. The number of anilines is 1. The van der Waals surface area contributed by atoms with E-state index in [2.05, 4.69) is 77.0 Å². The van der Waals surface area contributed by atoms with Gasteiger partial charge in [0.15, 0.2) is 0 Å². The third-order valence-corrected chi connectivity index (χ3v) is 5.23. The second-order valence-corrected chi connectivity index (χ2v) is 7.27. The average Bonchev–Trinajstić information content (AvgIpc) is 2.73. The molecule has 0 atom stereocenters. The lowest BCUT2D eigenvalue weighted by Gasteiger charge is -2.05. The summed E-state index contributed by atoms with van der Waals surface area (Å²) >= 11 is 1.77. The second kappa shape index (κ2) is 10.1. The lowest BCUT2D eigenvalue weighted by Crippen LogP contribution is -3.00. The van der Waals surface area contributed by atoms with Crippen LogP contribution >= 0.6 is 11.8 Å². The average molecular weight is 449 g/mol.